The number of aromatic hydroxyl groups is 1. The van der Waals surface area contributed by atoms with Crippen molar-refractivity contribution in [2.24, 2.45) is 0 Å². The normalized spacial score (nSPS) is 16.3. The number of hydrogen-bond acceptors (Lipinski definition) is 5. The minimum Gasteiger partial charge on any atom is -0.507 e. The van der Waals surface area contributed by atoms with Crippen molar-refractivity contribution in [3.63, 3.8) is 0 Å². The van der Waals surface area contributed by atoms with Gasteiger partial charge in [-0.25, -0.2) is 4.79 Å². The summed E-state index contributed by atoms with van der Waals surface area (Å²) < 4.78 is 10.3. The van der Waals surface area contributed by atoms with E-state index in [0.29, 0.717) is 5.75 Å². The highest BCUT2D eigenvalue weighted by Gasteiger charge is 2.16. The fourth-order valence-electron chi connectivity index (χ4n) is 1.97. The molecule has 1 aliphatic rings. The first-order chi connectivity index (χ1) is 8.70. The fourth-order valence-corrected chi connectivity index (χ4v) is 1.97. The number of carbonyl (C=O) groups excluding carboxylic acids is 1. The first-order valence-corrected chi connectivity index (χ1v) is 5.99. The van der Waals surface area contributed by atoms with Gasteiger partial charge in [0.15, 0.2) is 0 Å². The number of phenols is 1. The lowest BCUT2D eigenvalue weighted by molar-refractivity contribution is 0.0597. The van der Waals surface area contributed by atoms with Crippen molar-refractivity contribution in [3.05, 3.63) is 23.8 Å². The molecule has 1 aromatic rings. The van der Waals surface area contributed by atoms with Gasteiger partial charge in [-0.15, -0.1) is 0 Å². The average Bonchev–Trinajstić information content (AvgIpc) is 2.39. The maximum Gasteiger partial charge on any atom is 0.341 e. The van der Waals surface area contributed by atoms with Crippen LogP contribution in [0.4, 0.5) is 0 Å². The number of piperidine rings is 1. The molecule has 2 N–H and O–H groups in total. The third-order valence-corrected chi connectivity index (χ3v) is 2.96. The van der Waals surface area contributed by atoms with Crippen molar-refractivity contribution < 1.29 is 19.4 Å². The summed E-state index contributed by atoms with van der Waals surface area (Å²) >= 11 is 0. The van der Waals surface area contributed by atoms with Gasteiger partial charge in [-0.1, -0.05) is 0 Å². The van der Waals surface area contributed by atoms with Crippen molar-refractivity contribution in [2.75, 3.05) is 20.2 Å². The zero-order valence-corrected chi connectivity index (χ0v) is 10.3. The Labute approximate surface area is 106 Å². The monoisotopic (exact) mass is 251 g/mol. The summed E-state index contributed by atoms with van der Waals surface area (Å²) in [6, 6.07) is 4.64. The quantitative estimate of drug-likeness (QED) is 0.793. The predicted octanol–water partition coefficient (Wildman–Crippen LogP) is 1.31. The molecular weight excluding hydrogens is 234 g/mol. The Kier molecular flexibility index (Phi) is 4.04. The van der Waals surface area contributed by atoms with Gasteiger partial charge in [-0.05, 0) is 38.1 Å². The summed E-state index contributed by atoms with van der Waals surface area (Å²) in [5.74, 6) is -0.0961. The van der Waals surface area contributed by atoms with Gasteiger partial charge in [0, 0.05) is 6.07 Å². The van der Waals surface area contributed by atoms with Crippen LogP contribution in [-0.4, -0.2) is 37.4 Å². The number of hydrogen-bond donors (Lipinski definition) is 2. The zero-order chi connectivity index (χ0) is 13.0. The van der Waals surface area contributed by atoms with Crippen LogP contribution >= 0.6 is 0 Å². The fraction of sp³-hybridized carbons (Fsp3) is 0.462. The highest BCUT2D eigenvalue weighted by molar-refractivity contribution is 5.92. The van der Waals surface area contributed by atoms with Crippen LogP contribution in [0.15, 0.2) is 18.2 Å². The zero-order valence-electron chi connectivity index (χ0n) is 10.3. The highest BCUT2D eigenvalue weighted by Crippen LogP contribution is 2.26. The average molecular weight is 251 g/mol. The summed E-state index contributed by atoms with van der Waals surface area (Å²) in [4.78, 5) is 11.3. The second-order valence-corrected chi connectivity index (χ2v) is 4.24. The number of benzene rings is 1. The van der Waals surface area contributed by atoms with Gasteiger partial charge in [0.05, 0.1) is 7.11 Å². The highest BCUT2D eigenvalue weighted by atomic mass is 16.5. The molecule has 18 heavy (non-hydrogen) atoms. The van der Waals surface area contributed by atoms with E-state index in [1.165, 1.54) is 19.2 Å². The van der Waals surface area contributed by atoms with Crippen LogP contribution in [0.5, 0.6) is 11.5 Å². The summed E-state index contributed by atoms with van der Waals surface area (Å²) in [6.45, 7) is 1.88. The van der Waals surface area contributed by atoms with E-state index in [9.17, 15) is 9.90 Å². The van der Waals surface area contributed by atoms with Gasteiger partial charge < -0.3 is 19.9 Å². The van der Waals surface area contributed by atoms with Crippen LogP contribution in [0.2, 0.25) is 0 Å². The van der Waals surface area contributed by atoms with Gasteiger partial charge in [-0.3, -0.25) is 0 Å². The molecule has 1 saturated heterocycles. The lowest BCUT2D eigenvalue weighted by Crippen LogP contribution is -2.34. The molecule has 2 rings (SSSR count). The van der Waals surface area contributed by atoms with E-state index in [-0.39, 0.29) is 17.4 Å². The smallest absolute Gasteiger partial charge is 0.341 e. The number of esters is 1. The van der Waals surface area contributed by atoms with E-state index in [1.807, 2.05) is 0 Å². The Morgan fingerprint density at radius 1 is 1.39 bits per heavy atom. The van der Waals surface area contributed by atoms with Crippen LogP contribution in [0.3, 0.4) is 0 Å². The Hall–Kier alpha value is -1.75. The second-order valence-electron chi connectivity index (χ2n) is 4.24. The van der Waals surface area contributed by atoms with E-state index in [2.05, 4.69) is 10.1 Å². The SMILES string of the molecule is COC(=O)c1ccc(OC2CCNCC2)cc1O. The van der Waals surface area contributed by atoms with Gasteiger partial charge >= 0.3 is 5.97 Å². The molecule has 5 heteroatoms. The van der Waals surface area contributed by atoms with Crippen LogP contribution in [0.25, 0.3) is 0 Å². The number of nitrogens with one attached hydrogen (secondary N) is 1. The van der Waals surface area contributed by atoms with Gasteiger partial charge in [-0.2, -0.15) is 0 Å². The second kappa shape index (κ2) is 5.73. The molecule has 0 unspecified atom stereocenters. The molecule has 1 fully saturated rings. The summed E-state index contributed by atoms with van der Waals surface area (Å²) in [5.41, 5.74) is 0.148. The van der Waals surface area contributed by atoms with E-state index < -0.39 is 5.97 Å². The number of methoxy groups -OCH3 is 1. The largest absolute Gasteiger partial charge is 0.507 e. The summed E-state index contributed by atoms with van der Waals surface area (Å²) in [5, 5.41) is 13.0. The third kappa shape index (κ3) is 2.92. The molecule has 0 atom stereocenters. The Morgan fingerprint density at radius 2 is 2.11 bits per heavy atom. The molecule has 5 nitrogen and oxygen atoms in total. The molecular formula is C13H17NO4. The molecule has 0 aromatic heterocycles. The standard InChI is InChI=1S/C13H17NO4/c1-17-13(16)11-3-2-10(8-12(11)15)18-9-4-6-14-7-5-9/h2-3,8-9,14-15H,4-7H2,1H3. The maximum absolute atomic E-state index is 11.3. The lowest BCUT2D eigenvalue weighted by Gasteiger charge is -2.23. The van der Waals surface area contributed by atoms with Crippen LogP contribution in [0.1, 0.15) is 23.2 Å². The Balaban J connectivity index is 2.06. The molecule has 0 bridgehead atoms. The van der Waals surface area contributed by atoms with Gasteiger partial charge in [0.25, 0.3) is 0 Å². The molecule has 0 saturated carbocycles. The van der Waals surface area contributed by atoms with Crippen molar-refractivity contribution in [2.45, 2.75) is 18.9 Å². The lowest BCUT2D eigenvalue weighted by atomic mass is 10.1. The molecule has 1 heterocycles. The first-order valence-electron chi connectivity index (χ1n) is 5.99. The Morgan fingerprint density at radius 3 is 2.72 bits per heavy atom. The number of carbonyl (C=O) groups is 1. The van der Waals surface area contributed by atoms with Crippen molar-refractivity contribution in [1.29, 1.82) is 0 Å². The summed E-state index contributed by atoms with van der Waals surface area (Å²) in [7, 11) is 1.28. The van der Waals surface area contributed by atoms with Gasteiger partial charge in [0.1, 0.15) is 23.2 Å². The third-order valence-electron chi connectivity index (χ3n) is 2.96. The van der Waals surface area contributed by atoms with Gasteiger partial charge in [0.2, 0.25) is 0 Å². The first kappa shape index (κ1) is 12.7. The Bertz CT molecular complexity index is 427. The minimum atomic E-state index is -0.555. The predicted molar refractivity (Wildman–Crippen MR) is 66.0 cm³/mol. The number of ether oxygens (including phenoxy) is 2. The molecule has 0 spiro atoms. The van der Waals surface area contributed by atoms with Crippen molar-refractivity contribution in [1.82, 2.24) is 5.32 Å². The van der Waals surface area contributed by atoms with Crippen LogP contribution in [0, 0.1) is 0 Å². The molecule has 0 radical (unpaired) electrons. The van der Waals surface area contributed by atoms with Crippen LogP contribution in [-0.2, 0) is 4.74 Å². The van der Waals surface area contributed by atoms with Crippen molar-refractivity contribution >= 4 is 5.97 Å². The topological polar surface area (TPSA) is 67.8 Å². The van der Waals surface area contributed by atoms with Crippen molar-refractivity contribution in [3.8, 4) is 11.5 Å². The van der Waals surface area contributed by atoms with E-state index in [0.717, 1.165) is 25.9 Å². The molecule has 0 amide bonds. The molecule has 0 aliphatic carbocycles. The van der Waals surface area contributed by atoms with E-state index in [1.54, 1.807) is 6.07 Å². The van der Waals surface area contributed by atoms with Crippen LogP contribution < -0.4 is 10.1 Å². The van der Waals surface area contributed by atoms with E-state index >= 15 is 0 Å². The summed E-state index contributed by atoms with van der Waals surface area (Å²) in [6.07, 6.45) is 2.05. The number of phenolic OH excluding ortho intramolecular Hbond substituents is 1. The minimum absolute atomic E-state index is 0.117. The molecule has 98 valence electrons. The molecule has 1 aromatic carbocycles. The van der Waals surface area contributed by atoms with E-state index in [4.69, 9.17) is 4.74 Å². The number of rotatable bonds is 3. The molecule has 1 aliphatic heterocycles. The maximum atomic E-state index is 11.3.